The van der Waals surface area contributed by atoms with Gasteiger partial charge in [-0.05, 0) is 56.8 Å². The van der Waals surface area contributed by atoms with Gasteiger partial charge in [-0.25, -0.2) is 0 Å². The quantitative estimate of drug-likeness (QED) is 0.446. The maximum Gasteiger partial charge on any atom is 0.266 e. The lowest BCUT2D eigenvalue weighted by Crippen LogP contribution is -2.56. The van der Waals surface area contributed by atoms with Crippen molar-refractivity contribution in [2.75, 3.05) is 13.1 Å². The number of amides is 2. The Balaban J connectivity index is 0.00000139. The lowest BCUT2D eigenvalue weighted by molar-refractivity contribution is -0.133. The molecule has 6 heteroatoms. The van der Waals surface area contributed by atoms with Gasteiger partial charge in [-0.1, -0.05) is 20.4 Å². The molecule has 0 aliphatic carbocycles. The van der Waals surface area contributed by atoms with Crippen LogP contribution in [-0.4, -0.2) is 39.8 Å². The highest BCUT2D eigenvalue weighted by Gasteiger charge is 2.39. The Morgan fingerprint density at radius 2 is 1.62 bits per heavy atom. The summed E-state index contributed by atoms with van der Waals surface area (Å²) in [4.78, 5) is 28.2. The molecule has 0 aromatic rings. The van der Waals surface area contributed by atoms with Gasteiger partial charge in [0.25, 0.3) is 11.8 Å². The molecule has 2 heterocycles. The second-order valence-electron chi connectivity index (χ2n) is 4.82. The van der Waals surface area contributed by atoms with Gasteiger partial charge in [0, 0.05) is 13.1 Å². The number of likely N-dealkylation sites (N-methyl/N-ethyl adjacent to an activating group) is 2. The number of allylic oxidation sites excluding steroid dienone is 5. The highest BCUT2D eigenvalue weighted by atomic mass is 32.1. The van der Waals surface area contributed by atoms with Crippen molar-refractivity contribution in [3.8, 4) is 0 Å². The molecule has 0 bridgehead atoms. The molecule has 1 saturated heterocycles. The number of carbonyl (C=O) groups is 2. The number of thiocarbonyl (C=S) groups is 1. The second-order valence-corrected chi connectivity index (χ2v) is 5.18. The zero-order valence-electron chi connectivity index (χ0n) is 14.9. The fourth-order valence-corrected chi connectivity index (χ4v) is 2.81. The van der Waals surface area contributed by atoms with Crippen molar-refractivity contribution in [3.63, 3.8) is 0 Å². The van der Waals surface area contributed by atoms with Crippen LogP contribution in [0.25, 0.3) is 0 Å². The summed E-state index contributed by atoms with van der Waals surface area (Å²) in [5.41, 5.74) is 0.632. The minimum atomic E-state index is -0.372. The van der Waals surface area contributed by atoms with Gasteiger partial charge in [0.1, 0.15) is 17.1 Å². The zero-order valence-corrected chi connectivity index (χ0v) is 15.7. The molecule has 2 amide bonds. The number of hydrogen-bond donors (Lipinski definition) is 0. The highest BCUT2D eigenvalue weighted by molar-refractivity contribution is 7.80. The number of ether oxygens (including phenoxy) is 1. The average molecular weight is 348 g/mol. The van der Waals surface area contributed by atoms with E-state index < -0.39 is 0 Å². The minimum absolute atomic E-state index is 0.110. The van der Waals surface area contributed by atoms with E-state index >= 15 is 0 Å². The number of rotatable bonds is 3. The molecule has 0 unspecified atom stereocenters. The van der Waals surface area contributed by atoms with Crippen molar-refractivity contribution in [2.24, 2.45) is 0 Å². The standard InChI is InChI=1S/C16H18N2O3S.C2H6/c1-5-12-9-11(8-10(4)21-12)13-14(19)17(6-2)16(22)18(7-3)15(13)20;1-2/h5,8-9H,1,6-7H2,2-4H3;1-2H3. The van der Waals surface area contributed by atoms with Crippen molar-refractivity contribution in [3.05, 3.63) is 47.5 Å². The maximum atomic E-state index is 12.6. The zero-order chi connectivity index (χ0) is 18.4. The fraction of sp³-hybridized carbons (Fsp3) is 0.389. The monoisotopic (exact) mass is 348 g/mol. The summed E-state index contributed by atoms with van der Waals surface area (Å²) in [6.45, 7) is 13.9. The summed E-state index contributed by atoms with van der Waals surface area (Å²) in [6.07, 6.45) is 4.85. The molecule has 0 aromatic heterocycles. The van der Waals surface area contributed by atoms with Crippen molar-refractivity contribution < 1.29 is 14.3 Å². The summed E-state index contributed by atoms with van der Waals surface area (Å²) < 4.78 is 5.45. The largest absolute Gasteiger partial charge is 0.462 e. The Hall–Kier alpha value is -2.21. The molecule has 2 rings (SSSR count). The third-order valence-electron chi connectivity index (χ3n) is 3.44. The van der Waals surface area contributed by atoms with Crippen LogP contribution in [0.5, 0.6) is 0 Å². The van der Waals surface area contributed by atoms with Gasteiger partial charge in [-0.3, -0.25) is 19.4 Å². The van der Waals surface area contributed by atoms with Crippen molar-refractivity contribution in [1.29, 1.82) is 0 Å². The first kappa shape index (κ1) is 19.8. The van der Waals surface area contributed by atoms with E-state index in [1.54, 1.807) is 19.1 Å². The molecule has 0 aromatic carbocycles. The van der Waals surface area contributed by atoms with E-state index in [2.05, 4.69) is 6.58 Å². The lowest BCUT2D eigenvalue weighted by atomic mass is 10.0. The van der Waals surface area contributed by atoms with Gasteiger partial charge in [-0.15, -0.1) is 0 Å². The normalized spacial score (nSPS) is 17.8. The molecular weight excluding hydrogens is 324 g/mol. The summed E-state index contributed by atoms with van der Waals surface area (Å²) in [7, 11) is 0. The van der Waals surface area contributed by atoms with Gasteiger partial charge in [0.05, 0.1) is 0 Å². The summed E-state index contributed by atoms with van der Waals surface area (Å²) in [6, 6.07) is 0. The fourth-order valence-electron chi connectivity index (χ4n) is 2.39. The average Bonchev–Trinajstić information content (AvgIpc) is 2.57. The SMILES string of the molecule is C=CC1=CC(=C2C(=O)N(CC)C(=S)N(CC)C2=O)C=C(C)O1.CC. The van der Waals surface area contributed by atoms with E-state index in [1.807, 2.05) is 27.7 Å². The summed E-state index contributed by atoms with van der Waals surface area (Å²) in [5, 5.41) is 0.255. The first-order valence-electron chi connectivity index (χ1n) is 8.06. The smallest absolute Gasteiger partial charge is 0.266 e. The molecule has 0 N–H and O–H groups in total. The molecule has 2 aliphatic rings. The molecular formula is C18H24N2O3S. The van der Waals surface area contributed by atoms with Gasteiger partial charge < -0.3 is 4.74 Å². The Bertz CT molecular complexity index is 631. The van der Waals surface area contributed by atoms with Crippen LogP contribution in [0.3, 0.4) is 0 Å². The molecule has 0 saturated carbocycles. The van der Waals surface area contributed by atoms with Crippen LogP contribution in [-0.2, 0) is 14.3 Å². The Kier molecular flexibility index (Phi) is 7.10. The minimum Gasteiger partial charge on any atom is -0.462 e. The molecule has 24 heavy (non-hydrogen) atoms. The van der Waals surface area contributed by atoms with Gasteiger partial charge in [0.15, 0.2) is 5.11 Å². The third kappa shape index (κ3) is 3.64. The number of nitrogens with zero attached hydrogens (tertiary/aromatic N) is 2. The van der Waals surface area contributed by atoms with Crippen molar-refractivity contribution in [2.45, 2.75) is 34.6 Å². The van der Waals surface area contributed by atoms with E-state index in [1.165, 1.54) is 15.9 Å². The predicted molar refractivity (Wildman–Crippen MR) is 98.9 cm³/mol. The van der Waals surface area contributed by atoms with Crippen LogP contribution in [0, 0.1) is 0 Å². The Labute approximate surface area is 148 Å². The Morgan fingerprint density at radius 3 is 2.04 bits per heavy atom. The first-order chi connectivity index (χ1) is 11.4. The molecule has 0 radical (unpaired) electrons. The predicted octanol–water partition coefficient (Wildman–Crippen LogP) is 3.31. The van der Waals surface area contributed by atoms with Gasteiger partial charge in [0.2, 0.25) is 0 Å². The third-order valence-corrected chi connectivity index (χ3v) is 3.88. The van der Waals surface area contributed by atoms with E-state index in [0.717, 1.165) is 0 Å². The molecule has 2 aliphatic heterocycles. The Morgan fingerprint density at radius 1 is 1.12 bits per heavy atom. The molecule has 0 spiro atoms. The van der Waals surface area contributed by atoms with Gasteiger partial charge in [-0.2, -0.15) is 0 Å². The summed E-state index contributed by atoms with van der Waals surface area (Å²) in [5.74, 6) is 0.354. The van der Waals surface area contributed by atoms with Crippen LogP contribution in [0.2, 0.25) is 0 Å². The topological polar surface area (TPSA) is 49.9 Å². The highest BCUT2D eigenvalue weighted by Crippen LogP contribution is 2.27. The lowest BCUT2D eigenvalue weighted by Gasteiger charge is -2.36. The number of carbonyl (C=O) groups excluding carboxylic acids is 2. The summed E-state index contributed by atoms with van der Waals surface area (Å²) >= 11 is 5.24. The van der Waals surface area contributed by atoms with Gasteiger partial charge >= 0.3 is 0 Å². The van der Waals surface area contributed by atoms with E-state index in [9.17, 15) is 9.59 Å². The number of hydrogen-bond acceptors (Lipinski definition) is 4. The molecule has 1 fully saturated rings. The molecule has 5 nitrogen and oxygen atoms in total. The van der Waals surface area contributed by atoms with Crippen molar-refractivity contribution >= 4 is 29.1 Å². The second kappa shape index (κ2) is 8.59. The van der Waals surface area contributed by atoms with Crippen LogP contribution in [0.15, 0.2) is 47.5 Å². The van der Waals surface area contributed by atoms with E-state index in [4.69, 9.17) is 17.0 Å². The molecule has 0 atom stereocenters. The molecule has 130 valence electrons. The van der Waals surface area contributed by atoms with Crippen LogP contribution >= 0.6 is 12.2 Å². The van der Waals surface area contributed by atoms with Crippen LogP contribution in [0.1, 0.15) is 34.6 Å². The van der Waals surface area contributed by atoms with E-state index in [-0.39, 0.29) is 22.5 Å². The first-order valence-corrected chi connectivity index (χ1v) is 8.47. The van der Waals surface area contributed by atoms with E-state index in [0.29, 0.717) is 30.2 Å². The van der Waals surface area contributed by atoms with Crippen LogP contribution < -0.4 is 0 Å². The van der Waals surface area contributed by atoms with Crippen molar-refractivity contribution in [1.82, 2.24) is 9.80 Å². The maximum absolute atomic E-state index is 12.6. The van der Waals surface area contributed by atoms with Crippen LogP contribution in [0.4, 0.5) is 0 Å².